The second-order valence-corrected chi connectivity index (χ2v) is 9.43. The summed E-state index contributed by atoms with van der Waals surface area (Å²) in [7, 11) is -4.12. The highest BCUT2D eigenvalue weighted by atomic mass is 31.2. The third-order valence-electron chi connectivity index (χ3n) is 4.12. The third kappa shape index (κ3) is 20.4. The van der Waals surface area contributed by atoms with Crippen LogP contribution in [0.4, 0.5) is 0 Å². The Morgan fingerprint density at radius 2 is 1.12 bits per heavy atom. The maximum absolute atomic E-state index is 11.6. The predicted molar refractivity (Wildman–Crippen MR) is 108 cm³/mol. The molecule has 1 atom stereocenters. The summed E-state index contributed by atoms with van der Waals surface area (Å²) in [4.78, 5) is 14.3. The highest BCUT2D eigenvalue weighted by Crippen LogP contribution is 2.47. The lowest BCUT2D eigenvalue weighted by molar-refractivity contribution is -0.228. The molecule has 0 aromatic rings. The molecule has 0 aromatic carbocycles. The molecule has 0 radical (unpaired) electrons. The van der Waals surface area contributed by atoms with Crippen molar-refractivity contribution in [1.29, 1.82) is 0 Å². The molecule has 0 bridgehead atoms. The second kappa shape index (κ2) is 16.1. The van der Waals surface area contributed by atoms with E-state index in [1.807, 2.05) is 0 Å². The van der Waals surface area contributed by atoms with Crippen LogP contribution in [0.25, 0.3) is 0 Å². The largest absolute Gasteiger partial charge is 0.500 e. The molecular formula is C20H43O5P. The molecule has 1 unspecified atom stereocenters. The van der Waals surface area contributed by atoms with Gasteiger partial charge in [-0.25, -0.2) is 9.45 Å². The van der Waals surface area contributed by atoms with Gasteiger partial charge in [0.1, 0.15) is 0 Å². The van der Waals surface area contributed by atoms with E-state index in [2.05, 4.69) is 11.6 Å². The van der Waals surface area contributed by atoms with Crippen molar-refractivity contribution in [2.24, 2.45) is 0 Å². The topological polar surface area (TPSA) is 65.0 Å². The Morgan fingerprint density at radius 3 is 1.50 bits per heavy atom. The molecule has 5 nitrogen and oxygen atoms in total. The molecule has 0 aliphatic heterocycles. The molecule has 1 N–H and O–H groups in total. The Morgan fingerprint density at radius 1 is 0.731 bits per heavy atom. The minimum absolute atomic E-state index is 0.316. The molecule has 158 valence electrons. The van der Waals surface area contributed by atoms with Crippen molar-refractivity contribution in [3.63, 3.8) is 0 Å². The zero-order valence-electron chi connectivity index (χ0n) is 17.6. The summed E-state index contributed by atoms with van der Waals surface area (Å²) in [5.74, 6) is 0. The van der Waals surface area contributed by atoms with Gasteiger partial charge in [-0.1, -0.05) is 90.4 Å². The van der Waals surface area contributed by atoms with Crippen LogP contribution in [-0.2, 0) is 18.7 Å². The van der Waals surface area contributed by atoms with Gasteiger partial charge in [0, 0.05) is 0 Å². The predicted octanol–water partition coefficient (Wildman–Crippen LogP) is 7.33. The summed E-state index contributed by atoms with van der Waals surface area (Å²) in [6.07, 6.45) is 18.0. The zero-order chi connectivity index (χ0) is 19.7. The number of hydrogen-bond donors (Lipinski definition) is 1. The van der Waals surface area contributed by atoms with Crippen molar-refractivity contribution in [2.45, 2.75) is 123 Å². The van der Waals surface area contributed by atoms with Crippen molar-refractivity contribution in [1.82, 2.24) is 0 Å². The lowest BCUT2D eigenvalue weighted by Gasteiger charge is -2.21. The van der Waals surface area contributed by atoms with Gasteiger partial charge in [-0.15, -0.1) is 4.67 Å². The molecule has 0 aliphatic carbocycles. The summed E-state index contributed by atoms with van der Waals surface area (Å²) in [5.41, 5.74) is -0.747. The summed E-state index contributed by atoms with van der Waals surface area (Å²) in [6.45, 7) is 7.64. The Hall–Kier alpha value is 0.0700. The molecule has 0 heterocycles. The van der Waals surface area contributed by atoms with Gasteiger partial charge in [0.2, 0.25) is 0 Å². The monoisotopic (exact) mass is 394 g/mol. The van der Waals surface area contributed by atoms with Crippen molar-refractivity contribution >= 4 is 7.82 Å². The number of rotatable bonds is 18. The fourth-order valence-electron chi connectivity index (χ4n) is 2.82. The fraction of sp³-hybridized carbons (Fsp3) is 1.00. The van der Waals surface area contributed by atoms with Crippen LogP contribution in [-0.4, -0.2) is 17.1 Å². The van der Waals surface area contributed by atoms with Gasteiger partial charge in [-0.05, 0) is 27.2 Å². The first-order chi connectivity index (χ1) is 12.3. The average molecular weight is 395 g/mol. The van der Waals surface area contributed by atoms with Crippen molar-refractivity contribution in [3.05, 3.63) is 0 Å². The minimum Gasteiger partial charge on any atom is -0.301 e. The van der Waals surface area contributed by atoms with E-state index in [0.717, 1.165) is 12.8 Å². The minimum atomic E-state index is -4.12. The van der Waals surface area contributed by atoms with Crippen LogP contribution in [0, 0.1) is 0 Å². The Kier molecular flexibility index (Phi) is 16.1. The van der Waals surface area contributed by atoms with E-state index in [1.54, 1.807) is 20.8 Å². The van der Waals surface area contributed by atoms with Crippen molar-refractivity contribution in [2.75, 3.05) is 6.61 Å². The first-order valence-electron chi connectivity index (χ1n) is 10.6. The maximum Gasteiger partial charge on any atom is 0.500 e. The van der Waals surface area contributed by atoms with Gasteiger partial charge < -0.3 is 4.89 Å². The lowest BCUT2D eigenvalue weighted by Crippen LogP contribution is -2.18. The molecule has 0 aliphatic rings. The molecule has 0 saturated heterocycles. The quantitative estimate of drug-likeness (QED) is 0.114. The first kappa shape index (κ1) is 26.1. The highest BCUT2D eigenvalue weighted by Gasteiger charge is 2.29. The van der Waals surface area contributed by atoms with Gasteiger partial charge in [0.25, 0.3) is 0 Å². The molecule has 26 heavy (non-hydrogen) atoms. The van der Waals surface area contributed by atoms with Crippen molar-refractivity contribution in [3.8, 4) is 0 Å². The van der Waals surface area contributed by atoms with E-state index in [0.29, 0.717) is 6.61 Å². The molecule has 0 saturated carbocycles. The van der Waals surface area contributed by atoms with Crippen LogP contribution in [0.5, 0.6) is 0 Å². The summed E-state index contributed by atoms with van der Waals surface area (Å²) in [6, 6.07) is 0. The van der Waals surface area contributed by atoms with E-state index >= 15 is 0 Å². The van der Waals surface area contributed by atoms with Gasteiger partial charge in [0.05, 0.1) is 12.2 Å². The molecular weight excluding hydrogens is 351 g/mol. The highest BCUT2D eigenvalue weighted by molar-refractivity contribution is 7.47. The number of unbranched alkanes of at least 4 members (excludes halogenated alkanes) is 13. The van der Waals surface area contributed by atoms with Crippen LogP contribution in [0.1, 0.15) is 118 Å². The van der Waals surface area contributed by atoms with E-state index in [1.165, 1.54) is 77.0 Å². The number of hydrogen-bond acceptors (Lipinski definition) is 4. The molecule has 0 spiro atoms. The Balaban J connectivity index is 3.26. The van der Waals surface area contributed by atoms with Gasteiger partial charge >= 0.3 is 7.82 Å². The third-order valence-corrected chi connectivity index (χ3v) is 5.19. The summed E-state index contributed by atoms with van der Waals surface area (Å²) >= 11 is 0. The SMILES string of the molecule is CCCCCCCCCCCCCCCCOOP(=O)(O)OC(C)(C)C. The molecule has 6 heteroatoms. The van der Waals surface area contributed by atoms with Crippen molar-refractivity contribution < 1.29 is 23.5 Å². The summed E-state index contributed by atoms with van der Waals surface area (Å²) in [5, 5.41) is 0. The maximum atomic E-state index is 11.6. The zero-order valence-corrected chi connectivity index (χ0v) is 18.5. The van der Waals surface area contributed by atoms with Gasteiger partial charge in [0.15, 0.2) is 0 Å². The fourth-order valence-corrected chi connectivity index (χ4v) is 3.75. The molecule has 0 fully saturated rings. The van der Waals surface area contributed by atoms with Crippen LogP contribution in [0.15, 0.2) is 0 Å². The van der Waals surface area contributed by atoms with Crippen LogP contribution < -0.4 is 0 Å². The number of phosphoric ester groups is 1. The van der Waals surface area contributed by atoms with Crippen LogP contribution in [0.3, 0.4) is 0 Å². The molecule has 0 rings (SSSR count). The van der Waals surface area contributed by atoms with Gasteiger partial charge in [-0.2, -0.15) is 0 Å². The summed E-state index contributed by atoms with van der Waals surface area (Å²) < 4.78 is 21.0. The van der Waals surface area contributed by atoms with Gasteiger partial charge in [-0.3, -0.25) is 4.52 Å². The Labute approximate surface area is 161 Å². The number of phosphoric acid groups is 1. The normalized spacial score (nSPS) is 14.5. The first-order valence-corrected chi connectivity index (χ1v) is 12.1. The molecule has 0 amide bonds. The molecule has 0 aromatic heterocycles. The van der Waals surface area contributed by atoms with Crippen LogP contribution >= 0.6 is 7.82 Å². The van der Waals surface area contributed by atoms with Crippen LogP contribution in [0.2, 0.25) is 0 Å². The average Bonchev–Trinajstić information content (AvgIpc) is 2.52. The van der Waals surface area contributed by atoms with E-state index in [-0.39, 0.29) is 0 Å². The lowest BCUT2D eigenvalue weighted by atomic mass is 10.0. The smallest absolute Gasteiger partial charge is 0.301 e. The second-order valence-electron chi connectivity index (χ2n) is 8.16. The standard InChI is InChI=1S/C20H43O5P/c1-5-6-7-8-9-10-11-12-13-14-15-16-17-18-19-23-25-26(21,22)24-20(2,3)4/h5-19H2,1-4H3,(H,21,22). The van der Waals surface area contributed by atoms with E-state index < -0.39 is 13.4 Å². The van der Waals surface area contributed by atoms with E-state index in [9.17, 15) is 9.46 Å². The Bertz CT molecular complexity index is 355. The van der Waals surface area contributed by atoms with E-state index in [4.69, 9.17) is 9.41 Å².